The van der Waals surface area contributed by atoms with Crippen LogP contribution in [0.4, 0.5) is 5.95 Å². The van der Waals surface area contributed by atoms with Crippen molar-refractivity contribution in [1.29, 1.82) is 0 Å². The summed E-state index contributed by atoms with van der Waals surface area (Å²) in [6.45, 7) is -0.00525. The van der Waals surface area contributed by atoms with E-state index in [0.717, 1.165) is 11.1 Å². The Morgan fingerprint density at radius 1 is 1.25 bits per heavy atom. The van der Waals surface area contributed by atoms with Gasteiger partial charge in [0.25, 0.3) is 0 Å². The molecule has 0 spiro atoms. The third-order valence-electron chi connectivity index (χ3n) is 3.03. The van der Waals surface area contributed by atoms with Crippen LogP contribution < -0.4 is 5.73 Å². The lowest BCUT2D eigenvalue weighted by atomic mass is 10.0. The van der Waals surface area contributed by atoms with Gasteiger partial charge in [0.1, 0.15) is 6.33 Å². The minimum absolute atomic E-state index is 0.00525. The van der Waals surface area contributed by atoms with Crippen LogP contribution in [0.2, 0.25) is 5.02 Å². The van der Waals surface area contributed by atoms with Crippen molar-refractivity contribution in [1.82, 2.24) is 19.6 Å². The molecule has 1 aromatic carbocycles. The van der Waals surface area contributed by atoms with Crippen molar-refractivity contribution in [2.24, 2.45) is 0 Å². The van der Waals surface area contributed by atoms with Gasteiger partial charge in [-0.2, -0.15) is 9.61 Å². The molecule has 0 aliphatic heterocycles. The SMILES string of the molecule is Nc1nc(-c2ccc(Cl)cc2)c(CCO)c2ncnn12. The number of aliphatic hydroxyl groups excluding tert-OH is 1. The number of benzene rings is 1. The molecule has 6 nitrogen and oxygen atoms in total. The summed E-state index contributed by atoms with van der Waals surface area (Å²) in [5.41, 5.74) is 8.87. The van der Waals surface area contributed by atoms with Gasteiger partial charge in [-0.25, -0.2) is 9.97 Å². The maximum atomic E-state index is 9.26. The average molecular weight is 290 g/mol. The molecule has 0 radical (unpaired) electrons. The second-order valence-electron chi connectivity index (χ2n) is 4.27. The van der Waals surface area contributed by atoms with Crippen LogP contribution >= 0.6 is 11.6 Å². The minimum Gasteiger partial charge on any atom is -0.396 e. The van der Waals surface area contributed by atoms with Gasteiger partial charge in [0.2, 0.25) is 5.95 Å². The molecular formula is C13H12ClN5O. The van der Waals surface area contributed by atoms with Crippen LogP contribution in [0.25, 0.3) is 16.9 Å². The number of nitrogens with zero attached hydrogens (tertiary/aromatic N) is 4. The van der Waals surface area contributed by atoms with Gasteiger partial charge in [-0.15, -0.1) is 0 Å². The van der Waals surface area contributed by atoms with Crippen molar-refractivity contribution in [2.75, 3.05) is 12.3 Å². The third-order valence-corrected chi connectivity index (χ3v) is 3.28. The normalized spacial score (nSPS) is 11.1. The molecule has 0 bridgehead atoms. The number of fused-ring (bicyclic) bond motifs is 1. The van der Waals surface area contributed by atoms with E-state index in [4.69, 9.17) is 17.3 Å². The number of nitrogen functional groups attached to an aromatic ring is 1. The Morgan fingerprint density at radius 2 is 2.00 bits per heavy atom. The topological polar surface area (TPSA) is 89.3 Å². The number of hydrogen-bond acceptors (Lipinski definition) is 5. The number of rotatable bonds is 3. The highest BCUT2D eigenvalue weighted by Gasteiger charge is 2.15. The smallest absolute Gasteiger partial charge is 0.223 e. The Bertz CT molecular complexity index is 753. The highest BCUT2D eigenvalue weighted by Crippen LogP contribution is 2.27. The van der Waals surface area contributed by atoms with Crippen LogP contribution in [0, 0.1) is 0 Å². The Hall–Kier alpha value is -2.18. The summed E-state index contributed by atoms with van der Waals surface area (Å²) in [7, 11) is 0. The number of nitrogens with two attached hydrogens (primary N) is 1. The van der Waals surface area contributed by atoms with Crippen LogP contribution in [-0.4, -0.2) is 31.3 Å². The maximum Gasteiger partial charge on any atom is 0.223 e. The van der Waals surface area contributed by atoms with Crippen molar-refractivity contribution in [3.8, 4) is 11.3 Å². The standard InChI is InChI=1S/C13H12ClN5O/c14-9-3-1-8(2-4-9)11-10(5-6-20)12-16-7-17-19(12)13(15)18-11/h1-4,7,20H,5-6H2,(H2,15,18). The molecule has 0 aliphatic carbocycles. The molecule has 2 aromatic heterocycles. The molecule has 7 heteroatoms. The van der Waals surface area contributed by atoms with E-state index in [1.54, 1.807) is 12.1 Å². The molecule has 3 rings (SSSR count). The number of halogens is 1. The molecule has 0 unspecified atom stereocenters. The van der Waals surface area contributed by atoms with E-state index in [2.05, 4.69) is 15.1 Å². The summed E-state index contributed by atoms with van der Waals surface area (Å²) >= 11 is 5.90. The van der Waals surface area contributed by atoms with Gasteiger partial charge in [-0.05, 0) is 12.1 Å². The van der Waals surface area contributed by atoms with Crippen LogP contribution in [0.3, 0.4) is 0 Å². The van der Waals surface area contributed by atoms with Gasteiger partial charge in [-0.3, -0.25) is 0 Å². The summed E-state index contributed by atoms with van der Waals surface area (Å²) in [4.78, 5) is 8.57. The lowest BCUT2D eigenvalue weighted by Gasteiger charge is -2.10. The highest BCUT2D eigenvalue weighted by atomic mass is 35.5. The largest absolute Gasteiger partial charge is 0.396 e. The number of hydrogen-bond donors (Lipinski definition) is 2. The summed E-state index contributed by atoms with van der Waals surface area (Å²) in [6.07, 6.45) is 1.84. The molecule has 3 aromatic rings. The van der Waals surface area contributed by atoms with Gasteiger partial charge < -0.3 is 10.8 Å². The highest BCUT2D eigenvalue weighted by molar-refractivity contribution is 6.30. The molecule has 2 heterocycles. The monoisotopic (exact) mass is 289 g/mol. The predicted octanol–water partition coefficient (Wildman–Crippen LogP) is 1.56. The van der Waals surface area contributed by atoms with Crippen molar-refractivity contribution in [3.05, 3.63) is 41.2 Å². The molecular weight excluding hydrogens is 278 g/mol. The zero-order valence-corrected chi connectivity index (χ0v) is 11.2. The van der Waals surface area contributed by atoms with E-state index in [1.807, 2.05) is 12.1 Å². The molecule has 0 aliphatic rings. The van der Waals surface area contributed by atoms with E-state index in [1.165, 1.54) is 10.8 Å². The van der Waals surface area contributed by atoms with Crippen molar-refractivity contribution in [3.63, 3.8) is 0 Å². The average Bonchev–Trinajstić information content (AvgIpc) is 2.93. The Balaban J connectivity index is 2.27. The fourth-order valence-corrected chi connectivity index (χ4v) is 2.26. The van der Waals surface area contributed by atoms with Crippen LogP contribution in [-0.2, 0) is 6.42 Å². The number of aromatic nitrogens is 4. The molecule has 0 atom stereocenters. The minimum atomic E-state index is -0.00525. The summed E-state index contributed by atoms with van der Waals surface area (Å²) in [5.74, 6) is 0.254. The van der Waals surface area contributed by atoms with E-state index < -0.39 is 0 Å². The first-order valence-electron chi connectivity index (χ1n) is 6.05. The first kappa shape index (κ1) is 12.8. The summed E-state index contributed by atoms with van der Waals surface area (Å²) in [6, 6.07) is 7.28. The fourth-order valence-electron chi connectivity index (χ4n) is 2.14. The molecule has 102 valence electrons. The first-order valence-corrected chi connectivity index (χ1v) is 6.43. The first-order chi connectivity index (χ1) is 9.70. The molecule has 0 fully saturated rings. The molecule has 0 saturated heterocycles. The summed E-state index contributed by atoms with van der Waals surface area (Å²) in [5, 5.41) is 13.9. The molecule has 0 saturated carbocycles. The van der Waals surface area contributed by atoms with Crippen LogP contribution in [0.15, 0.2) is 30.6 Å². The molecule has 0 amide bonds. The van der Waals surface area contributed by atoms with Gasteiger partial charge >= 0.3 is 0 Å². The second-order valence-corrected chi connectivity index (χ2v) is 4.71. The Morgan fingerprint density at radius 3 is 2.70 bits per heavy atom. The van der Waals surface area contributed by atoms with Gasteiger partial charge in [0.15, 0.2) is 5.65 Å². The molecule has 3 N–H and O–H groups in total. The zero-order chi connectivity index (χ0) is 14.1. The van der Waals surface area contributed by atoms with Crippen molar-refractivity contribution >= 4 is 23.2 Å². The van der Waals surface area contributed by atoms with E-state index >= 15 is 0 Å². The van der Waals surface area contributed by atoms with E-state index in [9.17, 15) is 5.11 Å². The van der Waals surface area contributed by atoms with Gasteiger partial charge in [0.05, 0.1) is 5.69 Å². The Kier molecular flexibility index (Phi) is 3.25. The third kappa shape index (κ3) is 2.09. The van der Waals surface area contributed by atoms with Crippen LogP contribution in [0.5, 0.6) is 0 Å². The Labute approximate surface area is 119 Å². The predicted molar refractivity (Wildman–Crippen MR) is 76.4 cm³/mol. The fraction of sp³-hybridized carbons (Fsp3) is 0.154. The zero-order valence-electron chi connectivity index (χ0n) is 10.5. The second kappa shape index (κ2) is 5.07. The van der Waals surface area contributed by atoms with Gasteiger partial charge in [0, 0.05) is 29.2 Å². The maximum absolute atomic E-state index is 9.26. The number of aliphatic hydroxyl groups is 1. The number of anilines is 1. The van der Waals surface area contributed by atoms with Crippen LogP contribution in [0.1, 0.15) is 5.56 Å². The van der Waals surface area contributed by atoms with E-state index in [0.29, 0.717) is 22.8 Å². The lowest BCUT2D eigenvalue weighted by molar-refractivity contribution is 0.300. The summed E-state index contributed by atoms with van der Waals surface area (Å²) < 4.78 is 1.46. The molecule has 20 heavy (non-hydrogen) atoms. The van der Waals surface area contributed by atoms with Gasteiger partial charge in [-0.1, -0.05) is 23.7 Å². The quantitative estimate of drug-likeness (QED) is 0.764. The van der Waals surface area contributed by atoms with Crippen molar-refractivity contribution in [2.45, 2.75) is 6.42 Å². The van der Waals surface area contributed by atoms with Crippen molar-refractivity contribution < 1.29 is 5.11 Å². The van der Waals surface area contributed by atoms with E-state index in [-0.39, 0.29) is 12.6 Å². The lowest BCUT2D eigenvalue weighted by Crippen LogP contribution is -2.08.